The van der Waals surface area contributed by atoms with Crippen LogP contribution in [0, 0.1) is 5.92 Å². The maximum atomic E-state index is 12.0. The Labute approximate surface area is 142 Å². The van der Waals surface area contributed by atoms with Crippen LogP contribution in [0.4, 0.5) is 4.79 Å². The van der Waals surface area contributed by atoms with Gasteiger partial charge in [-0.3, -0.25) is 10.3 Å². The molecule has 2 N–H and O–H groups in total. The Bertz CT molecular complexity index is 728. The van der Waals surface area contributed by atoms with Gasteiger partial charge in [0.1, 0.15) is 17.1 Å². The summed E-state index contributed by atoms with van der Waals surface area (Å²) >= 11 is 0. The summed E-state index contributed by atoms with van der Waals surface area (Å²) in [6, 6.07) is 3.91. The van der Waals surface area contributed by atoms with Gasteiger partial charge in [0.15, 0.2) is 0 Å². The van der Waals surface area contributed by atoms with Gasteiger partial charge in [-0.05, 0) is 39.3 Å². The third kappa shape index (κ3) is 4.81. The topological polar surface area (TPSA) is 79.4 Å². The van der Waals surface area contributed by atoms with Crippen molar-refractivity contribution in [1.82, 2.24) is 15.3 Å². The smallest absolute Gasteiger partial charge is 0.413 e. The summed E-state index contributed by atoms with van der Waals surface area (Å²) in [5.74, 6) is 0.783. The first kappa shape index (κ1) is 18.0. The van der Waals surface area contributed by atoms with Crippen molar-refractivity contribution in [1.29, 1.82) is 0 Å². The number of carbonyl (C=O) groups excluding carboxylic acids is 1. The van der Waals surface area contributed by atoms with Crippen LogP contribution in [0.25, 0.3) is 11.0 Å². The lowest BCUT2D eigenvalue weighted by atomic mass is 10.1. The molecular weight excluding hydrogens is 304 g/mol. The minimum Gasteiger partial charge on any atom is -0.444 e. The Morgan fingerprint density at radius 2 is 2.21 bits per heavy atom. The van der Waals surface area contributed by atoms with Crippen molar-refractivity contribution in [2.45, 2.75) is 53.2 Å². The zero-order valence-corrected chi connectivity index (χ0v) is 15.0. The number of ether oxygens (including phenoxy) is 1. The minimum absolute atomic E-state index is 0.140. The molecule has 0 aliphatic rings. The van der Waals surface area contributed by atoms with E-state index >= 15 is 0 Å². The number of pyridine rings is 1. The van der Waals surface area contributed by atoms with Crippen LogP contribution >= 0.6 is 0 Å². The Balaban J connectivity index is 2.15. The van der Waals surface area contributed by atoms with Crippen LogP contribution in [-0.4, -0.2) is 27.5 Å². The first-order valence-electron chi connectivity index (χ1n) is 8.25. The highest BCUT2D eigenvalue weighted by atomic mass is 16.6. The first-order chi connectivity index (χ1) is 11.3. The molecule has 2 aromatic heterocycles. The molecule has 6 heteroatoms. The molecule has 0 fully saturated rings. The summed E-state index contributed by atoms with van der Waals surface area (Å²) in [6.45, 7) is 10.1. The first-order valence-corrected chi connectivity index (χ1v) is 8.25. The summed E-state index contributed by atoms with van der Waals surface area (Å²) in [5.41, 5.74) is 1.35. The van der Waals surface area contributed by atoms with E-state index in [2.05, 4.69) is 27.2 Å². The molecule has 24 heavy (non-hydrogen) atoms. The van der Waals surface area contributed by atoms with Gasteiger partial charge in [-0.2, -0.15) is 0 Å². The van der Waals surface area contributed by atoms with E-state index in [1.165, 1.54) is 0 Å². The molecule has 0 bridgehead atoms. The number of nitrogens with one attached hydrogen (secondary N) is 2. The fourth-order valence-corrected chi connectivity index (χ4v) is 2.23. The minimum atomic E-state index is -0.535. The summed E-state index contributed by atoms with van der Waals surface area (Å²) < 4.78 is 5.32. The van der Waals surface area contributed by atoms with Crippen molar-refractivity contribution in [3.8, 4) is 0 Å². The molecule has 0 aromatic carbocycles. The van der Waals surface area contributed by atoms with Gasteiger partial charge in [-0.15, -0.1) is 0 Å². The van der Waals surface area contributed by atoms with Crippen molar-refractivity contribution in [2.24, 2.45) is 10.9 Å². The molecule has 2 heterocycles. The number of hydrogen-bond donors (Lipinski definition) is 2. The highest BCUT2D eigenvalue weighted by Crippen LogP contribution is 2.17. The van der Waals surface area contributed by atoms with Gasteiger partial charge >= 0.3 is 6.09 Å². The molecular formula is C18H26N4O2. The van der Waals surface area contributed by atoms with Crippen LogP contribution in [0.1, 0.15) is 46.6 Å². The molecule has 1 unspecified atom stereocenters. The van der Waals surface area contributed by atoms with E-state index in [1.54, 1.807) is 6.20 Å². The highest BCUT2D eigenvalue weighted by Gasteiger charge is 2.19. The van der Waals surface area contributed by atoms with Gasteiger partial charge in [-0.1, -0.05) is 13.8 Å². The highest BCUT2D eigenvalue weighted by molar-refractivity contribution is 5.96. The van der Waals surface area contributed by atoms with Crippen LogP contribution in [0.2, 0.25) is 0 Å². The number of nitrogens with zero attached hydrogens (tertiary/aromatic N) is 2. The van der Waals surface area contributed by atoms with E-state index in [9.17, 15) is 4.79 Å². The van der Waals surface area contributed by atoms with Crippen LogP contribution in [0.3, 0.4) is 0 Å². The Morgan fingerprint density at radius 1 is 1.46 bits per heavy atom. The Hall–Kier alpha value is -2.37. The average molecular weight is 330 g/mol. The maximum absolute atomic E-state index is 12.0. The molecule has 0 radical (unpaired) electrons. The van der Waals surface area contributed by atoms with Crippen molar-refractivity contribution >= 4 is 23.0 Å². The van der Waals surface area contributed by atoms with Gasteiger partial charge < -0.3 is 9.72 Å². The zero-order chi connectivity index (χ0) is 17.7. The molecule has 130 valence electrons. The van der Waals surface area contributed by atoms with Gasteiger partial charge in [0.05, 0.1) is 6.54 Å². The normalized spacial score (nSPS) is 13.8. The van der Waals surface area contributed by atoms with Gasteiger partial charge in [-0.25, -0.2) is 9.78 Å². The van der Waals surface area contributed by atoms with E-state index in [-0.39, 0.29) is 5.92 Å². The molecule has 6 nitrogen and oxygen atoms in total. The van der Waals surface area contributed by atoms with Gasteiger partial charge in [0, 0.05) is 29.3 Å². The maximum Gasteiger partial charge on any atom is 0.413 e. The molecule has 0 aliphatic carbocycles. The molecule has 1 atom stereocenters. The summed E-state index contributed by atoms with van der Waals surface area (Å²) in [6.07, 6.45) is 4.06. The Kier molecular flexibility index (Phi) is 5.59. The number of alkyl carbamates (subject to hydrolysis) is 1. The van der Waals surface area contributed by atoms with Gasteiger partial charge in [0.25, 0.3) is 0 Å². The molecule has 0 saturated carbocycles. The van der Waals surface area contributed by atoms with Crippen molar-refractivity contribution in [3.05, 3.63) is 30.1 Å². The average Bonchev–Trinajstić information content (AvgIpc) is 2.92. The van der Waals surface area contributed by atoms with Crippen molar-refractivity contribution < 1.29 is 9.53 Å². The number of carbonyl (C=O) groups is 1. The third-order valence-corrected chi connectivity index (χ3v) is 3.66. The number of H-pyrrole nitrogens is 1. The predicted molar refractivity (Wildman–Crippen MR) is 96.1 cm³/mol. The second kappa shape index (κ2) is 7.47. The molecule has 0 aliphatic heterocycles. The van der Waals surface area contributed by atoms with Crippen LogP contribution in [0.15, 0.2) is 29.5 Å². The van der Waals surface area contributed by atoms with Crippen LogP contribution < -0.4 is 5.32 Å². The standard InChI is InChI=1S/C18H26N4O2/c1-6-12(2)15(22-17(23)24-18(3,4)5)20-10-13-11-21-16-14(13)8-7-9-19-16/h7-9,11-12H,6,10H2,1-5H3,(H,19,21)(H,20,22,23). The largest absolute Gasteiger partial charge is 0.444 e. The fourth-order valence-electron chi connectivity index (χ4n) is 2.23. The second-order valence-electron chi connectivity index (χ2n) is 6.85. The molecule has 0 saturated heterocycles. The predicted octanol–water partition coefficient (Wildman–Crippen LogP) is 4.03. The fraction of sp³-hybridized carbons (Fsp3) is 0.500. The van der Waals surface area contributed by atoms with Crippen molar-refractivity contribution in [2.75, 3.05) is 0 Å². The number of aliphatic imine (C=N–C) groups is 1. The quantitative estimate of drug-likeness (QED) is 0.656. The van der Waals surface area contributed by atoms with E-state index in [0.717, 1.165) is 23.0 Å². The van der Waals surface area contributed by atoms with Gasteiger partial charge in [0.2, 0.25) is 0 Å². The molecule has 2 aromatic rings. The molecule has 0 spiro atoms. The SMILES string of the molecule is CCC(C)C(=NCc1c[nH]c2ncccc12)NC(=O)OC(C)(C)C. The Morgan fingerprint density at radius 3 is 2.88 bits per heavy atom. The monoisotopic (exact) mass is 330 g/mol. The second-order valence-corrected chi connectivity index (χ2v) is 6.85. The van der Waals surface area contributed by atoms with E-state index < -0.39 is 11.7 Å². The summed E-state index contributed by atoms with van der Waals surface area (Å²) in [4.78, 5) is 24.1. The number of rotatable bonds is 4. The van der Waals surface area contributed by atoms with E-state index in [0.29, 0.717) is 12.4 Å². The summed E-state index contributed by atoms with van der Waals surface area (Å²) in [5, 5.41) is 3.84. The van der Waals surface area contributed by atoms with E-state index in [4.69, 9.17) is 4.74 Å². The summed E-state index contributed by atoms with van der Waals surface area (Å²) in [7, 11) is 0. The number of amides is 1. The number of fused-ring (bicyclic) bond motifs is 1. The van der Waals surface area contributed by atoms with E-state index in [1.807, 2.05) is 46.0 Å². The number of amidine groups is 1. The lowest BCUT2D eigenvalue weighted by molar-refractivity contribution is 0.0560. The number of hydrogen-bond acceptors (Lipinski definition) is 4. The molecule has 1 amide bonds. The van der Waals surface area contributed by atoms with Crippen LogP contribution in [0.5, 0.6) is 0 Å². The number of aromatic amines is 1. The zero-order valence-electron chi connectivity index (χ0n) is 15.0. The lowest BCUT2D eigenvalue weighted by Gasteiger charge is -2.21. The number of aromatic nitrogens is 2. The van der Waals surface area contributed by atoms with Crippen molar-refractivity contribution in [3.63, 3.8) is 0 Å². The molecule has 2 rings (SSSR count). The van der Waals surface area contributed by atoms with Crippen LogP contribution in [-0.2, 0) is 11.3 Å². The third-order valence-electron chi connectivity index (χ3n) is 3.66. The lowest BCUT2D eigenvalue weighted by Crippen LogP contribution is -2.39.